The predicted octanol–water partition coefficient (Wildman–Crippen LogP) is 3.06. The number of hydrogen-bond acceptors (Lipinski definition) is 5. The third-order valence-electron chi connectivity index (χ3n) is 3.69. The molecule has 1 aliphatic heterocycles. The highest BCUT2D eigenvalue weighted by Gasteiger charge is 2.36. The van der Waals surface area contributed by atoms with Crippen LogP contribution in [-0.4, -0.2) is 39.6 Å². The number of carboxylic acid groups (broad SMARTS) is 1. The summed E-state index contributed by atoms with van der Waals surface area (Å²) >= 11 is 0.738. The number of imide groups is 1. The van der Waals surface area contributed by atoms with Crippen LogP contribution >= 0.6 is 11.8 Å². The van der Waals surface area contributed by atoms with Crippen LogP contribution in [0.25, 0.3) is 6.08 Å². The fraction of sp³-hybridized carbons (Fsp3) is 0.0526. The summed E-state index contributed by atoms with van der Waals surface area (Å²) in [5.41, 5.74) is 1.28. The van der Waals surface area contributed by atoms with Crippen LogP contribution in [0.4, 0.5) is 10.5 Å². The van der Waals surface area contributed by atoms with E-state index < -0.39 is 23.0 Å². The fourth-order valence-electron chi connectivity index (χ4n) is 2.38. The maximum absolute atomic E-state index is 12.4. The maximum Gasteiger partial charge on any atom is 0.335 e. The summed E-state index contributed by atoms with van der Waals surface area (Å²) in [6.07, 6.45) is 1.49. The highest BCUT2D eigenvalue weighted by atomic mass is 32.2. The van der Waals surface area contributed by atoms with Crippen LogP contribution in [0.3, 0.4) is 0 Å². The molecule has 7 nitrogen and oxygen atoms in total. The molecule has 2 aromatic carbocycles. The van der Waals surface area contributed by atoms with Gasteiger partial charge in [-0.2, -0.15) is 0 Å². The average molecular weight is 382 g/mol. The Balaban J connectivity index is 1.69. The van der Waals surface area contributed by atoms with Crippen molar-refractivity contribution in [3.05, 3.63) is 70.6 Å². The summed E-state index contributed by atoms with van der Waals surface area (Å²) < 4.78 is 0. The molecule has 136 valence electrons. The zero-order valence-electron chi connectivity index (χ0n) is 13.9. The van der Waals surface area contributed by atoms with E-state index in [-0.39, 0.29) is 17.0 Å². The third-order valence-corrected chi connectivity index (χ3v) is 4.60. The minimum absolute atomic E-state index is 0.123. The Morgan fingerprint density at radius 1 is 1.04 bits per heavy atom. The van der Waals surface area contributed by atoms with E-state index >= 15 is 0 Å². The minimum atomic E-state index is -1.05. The van der Waals surface area contributed by atoms with Crippen LogP contribution in [0.2, 0.25) is 0 Å². The zero-order chi connectivity index (χ0) is 19.4. The van der Waals surface area contributed by atoms with Crippen molar-refractivity contribution >= 4 is 46.5 Å². The van der Waals surface area contributed by atoms with Gasteiger partial charge in [0.15, 0.2) is 0 Å². The molecule has 2 aromatic rings. The second kappa shape index (κ2) is 7.88. The number of amides is 3. The molecular weight excluding hydrogens is 368 g/mol. The molecule has 0 unspecified atom stereocenters. The molecule has 1 fully saturated rings. The summed E-state index contributed by atoms with van der Waals surface area (Å²) in [7, 11) is 0. The van der Waals surface area contributed by atoms with Gasteiger partial charge >= 0.3 is 5.97 Å². The van der Waals surface area contributed by atoms with Crippen molar-refractivity contribution in [2.24, 2.45) is 0 Å². The number of aromatic carboxylic acids is 1. The highest BCUT2D eigenvalue weighted by Crippen LogP contribution is 2.32. The summed E-state index contributed by atoms with van der Waals surface area (Å²) in [5.74, 6) is -2.09. The van der Waals surface area contributed by atoms with E-state index in [2.05, 4.69) is 5.32 Å². The van der Waals surface area contributed by atoms with E-state index in [1.165, 1.54) is 18.2 Å². The lowest BCUT2D eigenvalue weighted by Crippen LogP contribution is -2.36. The third kappa shape index (κ3) is 4.42. The molecule has 3 rings (SSSR count). The van der Waals surface area contributed by atoms with Crippen molar-refractivity contribution in [3.8, 4) is 0 Å². The fourth-order valence-corrected chi connectivity index (χ4v) is 3.21. The van der Waals surface area contributed by atoms with E-state index in [0.717, 1.165) is 16.7 Å². The topological polar surface area (TPSA) is 104 Å². The van der Waals surface area contributed by atoms with Gasteiger partial charge in [0.1, 0.15) is 6.54 Å². The summed E-state index contributed by atoms with van der Waals surface area (Å²) in [5, 5.41) is 11.0. The number of carboxylic acids is 1. The van der Waals surface area contributed by atoms with Gasteiger partial charge in [0.2, 0.25) is 5.91 Å². The maximum atomic E-state index is 12.4. The number of nitrogens with zero attached hydrogens (tertiary/aromatic N) is 1. The first kappa shape index (κ1) is 18.4. The van der Waals surface area contributed by atoms with Crippen molar-refractivity contribution in [2.45, 2.75) is 0 Å². The van der Waals surface area contributed by atoms with Gasteiger partial charge in [0.25, 0.3) is 11.1 Å². The Labute approximate surface area is 158 Å². The minimum Gasteiger partial charge on any atom is -0.478 e. The van der Waals surface area contributed by atoms with Gasteiger partial charge in [-0.25, -0.2) is 4.79 Å². The molecule has 0 aliphatic carbocycles. The van der Waals surface area contributed by atoms with Gasteiger partial charge in [-0.15, -0.1) is 0 Å². The number of para-hydroxylation sites is 1. The van der Waals surface area contributed by atoms with E-state index in [0.29, 0.717) is 11.3 Å². The molecule has 27 heavy (non-hydrogen) atoms. The average Bonchev–Trinajstić information content (AvgIpc) is 2.90. The van der Waals surface area contributed by atoms with E-state index in [9.17, 15) is 19.2 Å². The summed E-state index contributed by atoms with van der Waals surface area (Å²) in [6.45, 7) is -0.380. The van der Waals surface area contributed by atoms with Crippen LogP contribution in [-0.2, 0) is 9.59 Å². The number of benzene rings is 2. The number of thioether (sulfide) groups is 1. The van der Waals surface area contributed by atoms with Crippen molar-refractivity contribution in [2.75, 3.05) is 11.9 Å². The molecule has 0 atom stereocenters. The number of hydrogen-bond donors (Lipinski definition) is 2. The molecule has 1 aliphatic rings. The van der Waals surface area contributed by atoms with Gasteiger partial charge in [-0.3, -0.25) is 19.3 Å². The number of nitrogens with one attached hydrogen (secondary N) is 1. The first-order valence-corrected chi connectivity index (χ1v) is 8.69. The van der Waals surface area contributed by atoms with Gasteiger partial charge in [0.05, 0.1) is 10.5 Å². The SMILES string of the molecule is O=C(CN1C(=O)S/C(=C/c2ccc(C(=O)O)cc2)C1=O)Nc1ccccc1. The van der Waals surface area contributed by atoms with Crippen molar-refractivity contribution in [3.63, 3.8) is 0 Å². The van der Waals surface area contributed by atoms with E-state index in [1.807, 2.05) is 0 Å². The van der Waals surface area contributed by atoms with Gasteiger partial charge in [-0.05, 0) is 47.7 Å². The Bertz CT molecular complexity index is 938. The standard InChI is InChI=1S/C19H14N2O5S/c22-16(20-14-4-2-1-3-5-14)11-21-17(23)15(27-19(21)26)10-12-6-8-13(9-7-12)18(24)25/h1-10H,11H2,(H,20,22)(H,24,25)/b15-10+. The molecule has 1 heterocycles. The monoisotopic (exact) mass is 382 g/mol. The molecule has 8 heteroatoms. The van der Waals surface area contributed by atoms with Crippen LogP contribution in [0.15, 0.2) is 59.5 Å². The van der Waals surface area contributed by atoms with Gasteiger partial charge < -0.3 is 10.4 Å². The van der Waals surface area contributed by atoms with E-state index in [1.54, 1.807) is 42.5 Å². The Kier molecular flexibility index (Phi) is 5.37. The second-order valence-corrected chi connectivity index (χ2v) is 6.60. The smallest absolute Gasteiger partial charge is 0.335 e. The lowest BCUT2D eigenvalue weighted by molar-refractivity contribution is -0.127. The molecule has 3 amide bonds. The summed E-state index contributed by atoms with van der Waals surface area (Å²) in [6, 6.07) is 14.6. The lowest BCUT2D eigenvalue weighted by atomic mass is 10.1. The first-order valence-electron chi connectivity index (χ1n) is 7.87. The van der Waals surface area contributed by atoms with Gasteiger partial charge in [0, 0.05) is 5.69 Å². The quantitative estimate of drug-likeness (QED) is 0.771. The molecule has 0 radical (unpaired) electrons. The number of carbonyl (C=O) groups is 4. The van der Waals surface area contributed by atoms with Crippen molar-refractivity contribution in [1.82, 2.24) is 4.90 Å². The Morgan fingerprint density at radius 3 is 2.33 bits per heavy atom. The Hall–Kier alpha value is -3.39. The number of anilines is 1. The van der Waals surface area contributed by atoms with Gasteiger partial charge in [-0.1, -0.05) is 30.3 Å². The first-order chi connectivity index (χ1) is 12.9. The molecule has 2 N–H and O–H groups in total. The Morgan fingerprint density at radius 2 is 1.70 bits per heavy atom. The molecular formula is C19H14N2O5S. The number of rotatable bonds is 5. The molecule has 0 spiro atoms. The predicted molar refractivity (Wildman–Crippen MR) is 101 cm³/mol. The zero-order valence-corrected chi connectivity index (χ0v) is 14.7. The normalized spacial score (nSPS) is 15.3. The molecule has 0 aromatic heterocycles. The number of carbonyl (C=O) groups excluding carboxylic acids is 3. The van der Waals surface area contributed by atoms with Crippen LogP contribution in [0.1, 0.15) is 15.9 Å². The van der Waals surface area contributed by atoms with E-state index in [4.69, 9.17) is 5.11 Å². The largest absolute Gasteiger partial charge is 0.478 e. The lowest BCUT2D eigenvalue weighted by Gasteiger charge is -2.12. The van der Waals surface area contributed by atoms with Crippen LogP contribution in [0, 0.1) is 0 Å². The molecule has 0 saturated carbocycles. The van der Waals surface area contributed by atoms with Crippen molar-refractivity contribution in [1.29, 1.82) is 0 Å². The van der Waals surface area contributed by atoms with Crippen LogP contribution < -0.4 is 5.32 Å². The molecule has 1 saturated heterocycles. The van der Waals surface area contributed by atoms with Crippen LogP contribution in [0.5, 0.6) is 0 Å². The molecule has 0 bridgehead atoms. The van der Waals surface area contributed by atoms with Crippen molar-refractivity contribution < 1.29 is 24.3 Å². The summed E-state index contributed by atoms with van der Waals surface area (Å²) in [4.78, 5) is 48.5. The highest BCUT2D eigenvalue weighted by molar-refractivity contribution is 8.18. The second-order valence-electron chi connectivity index (χ2n) is 5.61.